The van der Waals surface area contributed by atoms with E-state index in [0.29, 0.717) is 39.0 Å². The summed E-state index contributed by atoms with van der Waals surface area (Å²) in [4.78, 5) is 25.4. The van der Waals surface area contributed by atoms with Crippen LogP contribution < -0.4 is 19.5 Å². The first-order valence-corrected chi connectivity index (χ1v) is 15.8. The average molecular weight is 639 g/mol. The predicted octanol–water partition coefficient (Wildman–Crippen LogP) is 5.63. The minimum atomic E-state index is -3.92. The number of amides is 1. The first-order valence-electron chi connectivity index (χ1n) is 13.4. The third kappa shape index (κ3) is 7.20. The number of sulfonamides is 1. The van der Waals surface area contributed by atoms with E-state index in [-0.39, 0.29) is 28.1 Å². The molecule has 5 rings (SSSR count). The highest BCUT2D eigenvalue weighted by Crippen LogP contribution is 2.42. The number of anilines is 2. The van der Waals surface area contributed by atoms with Gasteiger partial charge in [0, 0.05) is 34.8 Å². The Kier molecular flexibility index (Phi) is 9.57. The Morgan fingerprint density at radius 2 is 1.64 bits per heavy atom. The zero-order chi connectivity index (χ0) is 31.8. The lowest BCUT2D eigenvalue weighted by Crippen LogP contribution is -2.16. The van der Waals surface area contributed by atoms with Crippen LogP contribution in [0.1, 0.15) is 5.56 Å². The Labute approximate surface area is 264 Å². The molecule has 0 saturated heterocycles. The van der Waals surface area contributed by atoms with Gasteiger partial charge in [0.1, 0.15) is 11.1 Å². The van der Waals surface area contributed by atoms with Gasteiger partial charge in [-0.25, -0.2) is 28.1 Å². The monoisotopic (exact) mass is 638 g/mol. The molecule has 0 radical (unpaired) electrons. The van der Waals surface area contributed by atoms with E-state index in [1.54, 1.807) is 12.1 Å². The van der Waals surface area contributed by atoms with Crippen molar-refractivity contribution < 1.29 is 22.7 Å². The molecule has 226 valence electrons. The summed E-state index contributed by atoms with van der Waals surface area (Å²) in [6.07, 6.45) is 2.84. The standard InChI is InChI=1S/C32H26N6O5S2/c1-42-28-11-6-10-24(30(28)43-2)25-18-27(21-8-4-3-5-9-21)37-31(26(25)19-33)44-20-29(39)36-22-12-14-23(15-13-22)45(40,41)38-32-34-16-7-17-35-32/h3-18H,20H2,1-2H3,(H,36,39)(H,34,35,38). The highest BCUT2D eigenvalue weighted by atomic mass is 32.2. The van der Waals surface area contributed by atoms with Gasteiger partial charge < -0.3 is 14.8 Å². The van der Waals surface area contributed by atoms with Crippen LogP contribution in [0.15, 0.2) is 107 Å². The number of methoxy groups -OCH3 is 2. The molecule has 2 heterocycles. The number of thioether (sulfide) groups is 1. The molecule has 11 nitrogen and oxygen atoms in total. The maximum absolute atomic E-state index is 13.0. The smallest absolute Gasteiger partial charge is 0.264 e. The first kappa shape index (κ1) is 31.0. The Morgan fingerprint density at radius 3 is 2.31 bits per heavy atom. The van der Waals surface area contributed by atoms with Crippen molar-refractivity contribution in [3.8, 4) is 40.0 Å². The number of para-hydroxylation sites is 1. The lowest BCUT2D eigenvalue weighted by atomic mass is 9.98. The van der Waals surface area contributed by atoms with Crippen molar-refractivity contribution in [1.82, 2.24) is 15.0 Å². The number of nitrogens with one attached hydrogen (secondary N) is 2. The molecule has 0 aliphatic heterocycles. The van der Waals surface area contributed by atoms with E-state index >= 15 is 0 Å². The zero-order valence-corrected chi connectivity index (χ0v) is 25.7. The third-order valence-electron chi connectivity index (χ3n) is 6.44. The second-order valence-electron chi connectivity index (χ2n) is 9.29. The molecule has 0 saturated carbocycles. The van der Waals surface area contributed by atoms with E-state index in [1.807, 2.05) is 48.5 Å². The van der Waals surface area contributed by atoms with E-state index in [1.165, 1.54) is 50.9 Å². The van der Waals surface area contributed by atoms with Crippen molar-refractivity contribution in [2.75, 3.05) is 30.0 Å². The second kappa shape index (κ2) is 13.9. The van der Waals surface area contributed by atoms with Gasteiger partial charge >= 0.3 is 0 Å². The van der Waals surface area contributed by atoms with Gasteiger partial charge in [-0.3, -0.25) is 4.79 Å². The van der Waals surface area contributed by atoms with Crippen molar-refractivity contribution in [2.24, 2.45) is 0 Å². The quantitative estimate of drug-likeness (QED) is 0.174. The number of nitrogens with zero attached hydrogens (tertiary/aromatic N) is 4. The maximum Gasteiger partial charge on any atom is 0.264 e. The summed E-state index contributed by atoms with van der Waals surface area (Å²) in [5, 5.41) is 13.4. The number of carbonyl (C=O) groups excluding carboxylic acids is 1. The van der Waals surface area contributed by atoms with Gasteiger partial charge in [0.05, 0.1) is 36.1 Å². The molecule has 0 atom stereocenters. The summed E-state index contributed by atoms with van der Waals surface area (Å²) in [5.41, 5.74) is 3.34. The second-order valence-corrected chi connectivity index (χ2v) is 11.9. The molecule has 0 bridgehead atoms. The summed E-state index contributed by atoms with van der Waals surface area (Å²) >= 11 is 1.11. The van der Waals surface area contributed by atoms with E-state index in [4.69, 9.17) is 14.5 Å². The van der Waals surface area contributed by atoms with Crippen molar-refractivity contribution >= 4 is 39.3 Å². The molecule has 2 N–H and O–H groups in total. The van der Waals surface area contributed by atoms with Crippen molar-refractivity contribution in [1.29, 1.82) is 5.26 Å². The fourth-order valence-corrected chi connectivity index (χ4v) is 6.14. The number of hydrogen-bond acceptors (Lipinski definition) is 10. The van der Waals surface area contributed by atoms with Gasteiger partial charge in [-0.15, -0.1) is 0 Å². The van der Waals surface area contributed by atoms with Crippen LogP contribution in [0, 0.1) is 11.3 Å². The molecule has 5 aromatic rings. The number of nitriles is 1. The first-order chi connectivity index (χ1) is 21.8. The average Bonchev–Trinajstić information content (AvgIpc) is 3.07. The van der Waals surface area contributed by atoms with Crippen LogP contribution in [-0.4, -0.2) is 49.2 Å². The fraction of sp³-hybridized carbons (Fsp3) is 0.0938. The summed E-state index contributed by atoms with van der Waals surface area (Å²) < 4.78 is 38.8. The Hall–Kier alpha value is -5.45. The minimum absolute atomic E-state index is 0.0246. The predicted molar refractivity (Wildman–Crippen MR) is 172 cm³/mol. The normalized spacial score (nSPS) is 10.9. The van der Waals surface area contributed by atoms with Crippen molar-refractivity contribution in [3.63, 3.8) is 0 Å². The van der Waals surface area contributed by atoms with E-state index in [2.05, 4.69) is 26.1 Å². The highest BCUT2D eigenvalue weighted by molar-refractivity contribution is 8.00. The third-order valence-corrected chi connectivity index (χ3v) is 8.76. The van der Waals surface area contributed by atoms with Gasteiger partial charge in [-0.2, -0.15) is 5.26 Å². The highest BCUT2D eigenvalue weighted by Gasteiger charge is 2.21. The fourth-order valence-electron chi connectivity index (χ4n) is 4.38. The molecule has 3 aromatic carbocycles. The van der Waals surface area contributed by atoms with E-state index in [0.717, 1.165) is 17.3 Å². The largest absolute Gasteiger partial charge is 0.493 e. The number of rotatable bonds is 11. The number of ether oxygens (including phenoxy) is 2. The van der Waals surface area contributed by atoms with Gasteiger partial charge in [0.25, 0.3) is 10.0 Å². The Balaban J connectivity index is 1.39. The minimum Gasteiger partial charge on any atom is -0.493 e. The lowest BCUT2D eigenvalue weighted by Gasteiger charge is -2.16. The summed E-state index contributed by atoms with van der Waals surface area (Å²) in [6, 6.07) is 26.2. The number of aromatic nitrogens is 3. The van der Waals surface area contributed by atoms with Crippen LogP contribution in [0.5, 0.6) is 11.5 Å². The van der Waals surface area contributed by atoms with E-state index < -0.39 is 10.0 Å². The number of hydrogen-bond donors (Lipinski definition) is 2. The lowest BCUT2D eigenvalue weighted by molar-refractivity contribution is -0.113. The number of pyridine rings is 1. The molecule has 0 fully saturated rings. The summed E-state index contributed by atoms with van der Waals surface area (Å²) in [5.74, 6) is 0.479. The SMILES string of the molecule is COc1cccc(-c2cc(-c3ccccc3)nc(SCC(=O)Nc3ccc(S(=O)(=O)Nc4ncccn4)cc3)c2C#N)c1OC. The molecule has 1 amide bonds. The Bertz CT molecular complexity index is 1970. The molecule has 0 aliphatic rings. The number of carbonyl (C=O) groups is 1. The van der Waals surface area contributed by atoms with Crippen LogP contribution >= 0.6 is 11.8 Å². The van der Waals surface area contributed by atoms with Crippen molar-refractivity contribution in [3.05, 3.63) is 103 Å². The molecule has 2 aromatic heterocycles. The number of benzene rings is 3. The molecule has 0 spiro atoms. The van der Waals surface area contributed by atoms with Crippen LogP contribution in [0.3, 0.4) is 0 Å². The maximum atomic E-state index is 13.0. The van der Waals surface area contributed by atoms with Crippen molar-refractivity contribution in [2.45, 2.75) is 9.92 Å². The van der Waals surface area contributed by atoms with Gasteiger partial charge in [-0.1, -0.05) is 54.2 Å². The summed E-state index contributed by atoms with van der Waals surface area (Å²) in [6.45, 7) is 0. The van der Waals surface area contributed by atoms with Crippen LogP contribution in [0.25, 0.3) is 22.4 Å². The zero-order valence-electron chi connectivity index (χ0n) is 24.1. The van der Waals surface area contributed by atoms with Crippen LogP contribution in [0.4, 0.5) is 11.6 Å². The topological polar surface area (TPSA) is 156 Å². The molecule has 0 unspecified atom stereocenters. The van der Waals surface area contributed by atoms with Gasteiger partial charge in [0.15, 0.2) is 11.5 Å². The molecular formula is C32H26N6O5S2. The van der Waals surface area contributed by atoms with Crippen LogP contribution in [0.2, 0.25) is 0 Å². The van der Waals surface area contributed by atoms with Gasteiger partial charge in [-0.05, 0) is 42.5 Å². The van der Waals surface area contributed by atoms with Crippen LogP contribution in [-0.2, 0) is 14.8 Å². The molecular weight excluding hydrogens is 613 g/mol. The molecule has 0 aliphatic carbocycles. The van der Waals surface area contributed by atoms with Gasteiger partial charge in [0.2, 0.25) is 11.9 Å². The molecule has 13 heteroatoms. The Morgan fingerprint density at radius 1 is 0.911 bits per heavy atom. The molecule has 45 heavy (non-hydrogen) atoms. The summed E-state index contributed by atoms with van der Waals surface area (Å²) in [7, 11) is -0.854. The van der Waals surface area contributed by atoms with E-state index in [9.17, 15) is 18.5 Å².